The molecule has 0 N–H and O–H groups in total. The van der Waals surface area contributed by atoms with Gasteiger partial charge in [0.05, 0.1) is 5.41 Å². The van der Waals surface area contributed by atoms with Crippen LogP contribution in [0, 0.1) is 0 Å². The van der Waals surface area contributed by atoms with Crippen LogP contribution in [-0.4, -0.2) is 13.6 Å². The largest absolute Gasteiger partial charge is 0.299 e. The summed E-state index contributed by atoms with van der Waals surface area (Å²) in [7, 11) is 1.97. The second-order valence-electron chi connectivity index (χ2n) is 8.84. The van der Waals surface area contributed by atoms with Crippen LogP contribution < -0.4 is 0 Å². The molecule has 4 aromatic rings. The maximum absolute atomic E-state index is 11.3. The molecule has 0 saturated carbocycles. The van der Waals surface area contributed by atoms with E-state index in [1.165, 1.54) is 44.5 Å². The van der Waals surface area contributed by atoms with E-state index in [-0.39, 0.29) is 5.41 Å². The quantitative estimate of drug-likeness (QED) is 0.192. The Bertz CT molecular complexity index is 1530. The molecule has 0 bridgehead atoms. The number of benzene rings is 4. The van der Waals surface area contributed by atoms with Crippen LogP contribution in [0.3, 0.4) is 0 Å². The first kappa shape index (κ1) is 19.1. The number of hydrogen-bond donors (Lipinski definition) is 0. The summed E-state index contributed by atoms with van der Waals surface area (Å²) in [5.41, 5.74) is 13.0. The van der Waals surface area contributed by atoms with E-state index in [1.54, 1.807) is 0 Å². The molecule has 0 unspecified atom stereocenters. The van der Waals surface area contributed by atoms with Gasteiger partial charge in [-0.05, 0) is 67.7 Å². The van der Waals surface area contributed by atoms with E-state index in [2.05, 4.69) is 101 Å². The Labute approximate surface area is 201 Å². The van der Waals surface area contributed by atoms with Gasteiger partial charge in [-0.25, -0.2) is 0 Å². The molecular weight excluding hydrogens is 467 g/mol. The van der Waals surface area contributed by atoms with E-state index in [0.29, 0.717) is 5.47 Å². The van der Waals surface area contributed by atoms with E-state index in [1.807, 2.05) is 19.4 Å². The number of fused-ring (bicyclic) bond motifs is 10. The lowest BCUT2D eigenvalue weighted by atomic mass is 9.63. The molecule has 1 heterocycles. The number of halogens is 1. The van der Waals surface area contributed by atoms with E-state index in [9.17, 15) is 4.79 Å². The number of hydrogen-bond acceptors (Lipinski definition) is 1. The second-order valence-corrected chi connectivity index (χ2v) is 9.76. The molecule has 153 valence electrons. The topological polar surface area (TPSA) is 17.1 Å². The van der Waals surface area contributed by atoms with Gasteiger partial charge in [0.25, 0.3) is 0 Å². The van der Waals surface area contributed by atoms with Gasteiger partial charge >= 0.3 is 0 Å². The fraction of sp³-hybridized carbons (Fsp3) is 0.0333. The average molecular weight is 484 g/mol. The summed E-state index contributed by atoms with van der Waals surface area (Å²) in [5.74, 6) is 0. The number of carbonyl (C=O) groups excluding carboxylic acids is 1. The SMILES string of the molecule is O=CC1=CC=C(c2ccc3c(c2)C2(c4ccccc4-c4ccccc42)c2cc(Br)ccc2-3)[B]1. The van der Waals surface area contributed by atoms with Crippen LogP contribution in [0.5, 0.6) is 0 Å². The Kier molecular flexibility index (Phi) is 3.93. The molecule has 33 heavy (non-hydrogen) atoms. The summed E-state index contributed by atoms with van der Waals surface area (Å²) < 4.78 is 1.09. The van der Waals surface area contributed by atoms with Gasteiger partial charge in [0.15, 0.2) is 7.28 Å². The molecule has 7 rings (SSSR count). The summed E-state index contributed by atoms with van der Waals surface area (Å²) in [5, 5.41) is 0. The van der Waals surface area contributed by atoms with Crippen LogP contribution in [-0.2, 0) is 10.2 Å². The van der Waals surface area contributed by atoms with E-state index < -0.39 is 0 Å². The highest BCUT2D eigenvalue weighted by Crippen LogP contribution is 2.63. The Hall–Kier alpha value is -3.43. The zero-order chi connectivity index (χ0) is 22.2. The molecule has 0 aromatic heterocycles. The van der Waals surface area contributed by atoms with Crippen molar-refractivity contribution < 1.29 is 4.79 Å². The molecule has 1 aliphatic heterocycles. The fourth-order valence-corrected chi connectivity index (χ4v) is 6.37. The minimum atomic E-state index is -0.363. The van der Waals surface area contributed by atoms with Crippen molar-refractivity contribution in [2.24, 2.45) is 0 Å². The maximum atomic E-state index is 11.3. The molecule has 0 atom stereocenters. The predicted molar refractivity (Wildman–Crippen MR) is 138 cm³/mol. The van der Waals surface area contributed by atoms with Crippen LogP contribution in [0.2, 0.25) is 0 Å². The van der Waals surface area contributed by atoms with Crippen molar-refractivity contribution in [1.82, 2.24) is 0 Å². The van der Waals surface area contributed by atoms with Gasteiger partial charge in [-0.15, -0.1) is 0 Å². The monoisotopic (exact) mass is 483 g/mol. The molecule has 1 nitrogen and oxygen atoms in total. The normalized spacial score (nSPS) is 15.8. The molecular formula is C30H17BBrO. The van der Waals surface area contributed by atoms with Crippen molar-refractivity contribution in [1.29, 1.82) is 0 Å². The summed E-state index contributed by atoms with van der Waals surface area (Å²) in [4.78, 5) is 11.3. The molecule has 0 amide bonds. The lowest BCUT2D eigenvalue weighted by Gasteiger charge is -2.31. The molecule has 1 spiro atoms. The van der Waals surface area contributed by atoms with Crippen molar-refractivity contribution in [3.05, 3.63) is 135 Å². The highest BCUT2D eigenvalue weighted by molar-refractivity contribution is 9.10. The van der Waals surface area contributed by atoms with E-state index >= 15 is 0 Å². The summed E-state index contributed by atoms with van der Waals surface area (Å²) in [6.07, 6.45) is 4.83. The van der Waals surface area contributed by atoms with E-state index in [4.69, 9.17) is 0 Å². The van der Waals surface area contributed by atoms with Crippen LogP contribution in [0.15, 0.2) is 107 Å². The minimum Gasteiger partial charge on any atom is -0.299 e. The minimum absolute atomic E-state index is 0.363. The van der Waals surface area contributed by atoms with Gasteiger partial charge in [-0.1, -0.05) is 106 Å². The fourth-order valence-electron chi connectivity index (χ4n) is 6.01. The average Bonchev–Trinajstić information content (AvgIpc) is 3.53. The van der Waals surface area contributed by atoms with E-state index in [0.717, 1.165) is 21.8 Å². The van der Waals surface area contributed by atoms with Crippen LogP contribution in [0.4, 0.5) is 0 Å². The highest BCUT2D eigenvalue weighted by Gasteiger charge is 2.51. The Morgan fingerprint density at radius 2 is 1.27 bits per heavy atom. The maximum Gasteiger partial charge on any atom is 0.196 e. The molecule has 4 aromatic carbocycles. The first-order chi connectivity index (χ1) is 16.2. The Morgan fingerprint density at radius 3 is 1.94 bits per heavy atom. The smallest absolute Gasteiger partial charge is 0.196 e. The van der Waals surface area contributed by atoms with Gasteiger partial charge < -0.3 is 0 Å². The third-order valence-corrected chi connectivity index (χ3v) is 7.79. The standard InChI is InChI=1S/C30H17BBrO/c32-20-11-13-24-23-12-9-18(29-14-10-19(17-33)31-29)15-27(23)30(28(24)16-20)25-7-3-1-5-21(25)22-6-2-4-8-26(22)30/h1-17H. The van der Waals surface area contributed by atoms with Crippen molar-refractivity contribution in [3.63, 3.8) is 0 Å². The molecule has 3 aliphatic rings. The van der Waals surface area contributed by atoms with Gasteiger partial charge in [-0.2, -0.15) is 0 Å². The lowest BCUT2D eigenvalue weighted by Crippen LogP contribution is -2.26. The second kappa shape index (κ2) is 6.79. The van der Waals surface area contributed by atoms with Gasteiger partial charge in [0.1, 0.15) is 6.29 Å². The third kappa shape index (κ3) is 2.41. The van der Waals surface area contributed by atoms with Gasteiger partial charge in [-0.3, -0.25) is 4.79 Å². The number of carbonyl (C=O) groups is 1. The molecule has 3 heteroatoms. The Morgan fingerprint density at radius 1 is 0.667 bits per heavy atom. The van der Waals surface area contributed by atoms with Crippen molar-refractivity contribution in [3.8, 4) is 22.3 Å². The zero-order valence-corrected chi connectivity index (χ0v) is 19.3. The first-order valence-corrected chi connectivity index (χ1v) is 11.9. The van der Waals surface area contributed by atoms with Crippen molar-refractivity contribution in [2.45, 2.75) is 5.41 Å². The summed E-state index contributed by atoms with van der Waals surface area (Å²) in [6, 6.07) is 31.1. The van der Waals surface area contributed by atoms with Crippen molar-refractivity contribution >= 4 is 35.0 Å². The van der Waals surface area contributed by atoms with Crippen LogP contribution in [0.25, 0.3) is 27.7 Å². The van der Waals surface area contributed by atoms with Gasteiger partial charge in [0, 0.05) is 4.47 Å². The number of rotatable bonds is 2. The molecule has 2 aliphatic carbocycles. The van der Waals surface area contributed by atoms with Gasteiger partial charge in [0.2, 0.25) is 0 Å². The van der Waals surface area contributed by atoms with Crippen LogP contribution >= 0.6 is 15.9 Å². The number of aldehydes is 1. The molecule has 0 saturated heterocycles. The summed E-state index contributed by atoms with van der Waals surface area (Å²) in [6.45, 7) is 0. The molecule has 1 radical (unpaired) electrons. The molecule has 0 fully saturated rings. The number of allylic oxidation sites excluding steroid dienone is 3. The first-order valence-electron chi connectivity index (χ1n) is 11.1. The summed E-state index contributed by atoms with van der Waals surface area (Å²) >= 11 is 3.75. The van der Waals surface area contributed by atoms with Crippen LogP contribution in [0.1, 0.15) is 27.8 Å². The lowest BCUT2D eigenvalue weighted by molar-refractivity contribution is -0.104. The third-order valence-electron chi connectivity index (χ3n) is 7.30. The van der Waals surface area contributed by atoms with Crippen molar-refractivity contribution in [2.75, 3.05) is 0 Å². The predicted octanol–water partition coefficient (Wildman–Crippen LogP) is 6.93. The Balaban J connectivity index is 1.58. The zero-order valence-electron chi connectivity index (χ0n) is 17.7. The highest BCUT2D eigenvalue weighted by atomic mass is 79.9.